The maximum Gasteiger partial charge on any atom is 0.143 e. The van der Waals surface area contributed by atoms with E-state index in [0.29, 0.717) is 21.8 Å². The number of nitrogen functional groups attached to an aromatic ring is 2. The van der Waals surface area contributed by atoms with Crippen molar-refractivity contribution in [3.05, 3.63) is 71.9 Å². The summed E-state index contributed by atoms with van der Waals surface area (Å²) < 4.78 is 0. The maximum atomic E-state index is 9.99. The van der Waals surface area contributed by atoms with Crippen LogP contribution in [0.15, 0.2) is 70.7 Å². The molecule has 0 saturated carbocycles. The first-order chi connectivity index (χ1) is 14.1. The van der Waals surface area contributed by atoms with E-state index in [0.717, 1.165) is 15.8 Å². The first kappa shape index (κ1) is 18.3. The van der Waals surface area contributed by atoms with Gasteiger partial charge in [-0.05, 0) is 29.8 Å². The molecule has 4 N–H and O–H groups in total. The summed E-state index contributed by atoms with van der Waals surface area (Å²) >= 11 is 1.25. The number of aromatic nitrogens is 2. The molecule has 2 aromatic carbocycles. The van der Waals surface area contributed by atoms with Crippen molar-refractivity contribution in [2.45, 2.75) is 9.92 Å². The molecule has 4 aromatic rings. The van der Waals surface area contributed by atoms with Gasteiger partial charge < -0.3 is 11.5 Å². The van der Waals surface area contributed by atoms with Crippen LogP contribution in [0.25, 0.3) is 22.0 Å². The molecule has 29 heavy (non-hydrogen) atoms. The summed E-state index contributed by atoms with van der Waals surface area (Å²) in [7, 11) is 0. The zero-order valence-corrected chi connectivity index (χ0v) is 15.9. The molecule has 0 radical (unpaired) electrons. The third-order valence-electron chi connectivity index (χ3n) is 4.46. The Bertz CT molecular complexity index is 1330. The van der Waals surface area contributed by atoms with Gasteiger partial charge in [0.25, 0.3) is 0 Å². The largest absolute Gasteiger partial charge is 0.398 e. The van der Waals surface area contributed by atoms with E-state index in [2.05, 4.69) is 22.1 Å². The summed E-state index contributed by atoms with van der Waals surface area (Å²) in [4.78, 5) is 9.47. The van der Waals surface area contributed by atoms with Gasteiger partial charge >= 0.3 is 0 Å². The van der Waals surface area contributed by atoms with Crippen molar-refractivity contribution < 1.29 is 0 Å². The van der Waals surface area contributed by atoms with E-state index in [1.807, 2.05) is 42.5 Å². The van der Waals surface area contributed by atoms with Gasteiger partial charge in [0.2, 0.25) is 0 Å². The molecule has 4 rings (SSSR count). The summed E-state index contributed by atoms with van der Waals surface area (Å²) in [5.74, 6) is 0.0689. The highest BCUT2D eigenvalue weighted by Crippen LogP contribution is 2.41. The molecule has 0 aliphatic carbocycles. The fraction of sp³-hybridized carbons (Fsp3) is 0. The second-order valence-electron chi connectivity index (χ2n) is 6.17. The van der Waals surface area contributed by atoms with E-state index in [-0.39, 0.29) is 16.9 Å². The van der Waals surface area contributed by atoms with Crippen LogP contribution in [0.4, 0.5) is 11.5 Å². The number of benzene rings is 2. The van der Waals surface area contributed by atoms with Gasteiger partial charge in [-0.3, -0.25) is 4.98 Å². The molecule has 0 bridgehead atoms. The van der Waals surface area contributed by atoms with Crippen LogP contribution in [-0.2, 0) is 0 Å². The normalized spacial score (nSPS) is 10.4. The number of nitrogens with two attached hydrogens (primary N) is 2. The van der Waals surface area contributed by atoms with Crippen molar-refractivity contribution in [1.29, 1.82) is 10.5 Å². The molecular weight excluding hydrogens is 380 g/mol. The van der Waals surface area contributed by atoms with Crippen LogP contribution >= 0.6 is 11.8 Å². The Hall–Kier alpha value is -4.07. The van der Waals surface area contributed by atoms with E-state index in [4.69, 9.17) is 11.5 Å². The van der Waals surface area contributed by atoms with Crippen LogP contribution in [0.5, 0.6) is 0 Å². The third-order valence-corrected chi connectivity index (χ3v) is 5.54. The van der Waals surface area contributed by atoms with Gasteiger partial charge in [-0.25, -0.2) is 4.98 Å². The van der Waals surface area contributed by atoms with Gasteiger partial charge in [0, 0.05) is 27.7 Å². The smallest absolute Gasteiger partial charge is 0.143 e. The highest BCUT2D eigenvalue weighted by atomic mass is 32.2. The number of rotatable bonds is 3. The lowest BCUT2D eigenvalue weighted by atomic mass is 9.94. The second kappa shape index (κ2) is 7.51. The molecule has 2 heterocycles. The van der Waals surface area contributed by atoms with E-state index in [1.54, 1.807) is 18.3 Å². The first-order valence-electron chi connectivity index (χ1n) is 8.64. The maximum absolute atomic E-state index is 9.99. The van der Waals surface area contributed by atoms with Crippen LogP contribution < -0.4 is 11.5 Å². The minimum Gasteiger partial charge on any atom is -0.398 e. The molecule has 2 aromatic heterocycles. The lowest BCUT2D eigenvalue weighted by molar-refractivity contribution is 1.11. The molecule has 0 saturated heterocycles. The molecule has 0 aliphatic heterocycles. The van der Waals surface area contributed by atoms with Crippen LogP contribution in [0.2, 0.25) is 0 Å². The molecule has 0 atom stereocenters. The summed E-state index contributed by atoms with van der Waals surface area (Å²) in [6.45, 7) is 0. The zero-order valence-electron chi connectivity index (χ0n) is 15.1. The van der Waals surface area contributed by atoms with Crippen LogP contribution in [-0.4, -0.2) is 9.97 Å². The number of fused-ring (bicyclic) bond motifs is 1. The predicted molar refractivity (Wildman–Crippen MR) is 114 cm³/mol. The van der Waals surface area contributed by atoms with E-state index >= 15 is 0 Å². The Kier molecular flexibility index (Phi) is 4.74. The third kappa shape index (κ3) is 3.20. The van der Waals surface area contributed by atoms with Crippen LogP contribution in [0.1, 0.15) is 11.1 Å². The Morgan fingerprint density at radius 1 is 0.862 bits per heavy atom. The van der Waals surface area contributed by atoms with Crippen LogP contribution in [0.3, 0.4) is 0 Å². The first-order valence-corrected chi connectivity index (χ1v) is 9.46. The molecule has 0 unspecified atom stereocenters. The van der Waals surface area contributed by atoms with Crippen molar-refractivity contribution in [1.82, 2.24) is 9.97 Å². The van der Waals surface area contributed by atoms with Crippen LogP contribution in [0, 0.1) is 22.7 Å². The number of hydrogen-bond acceptors (Lipinski definition) is 7. The van der Waals surface area contributed by atoms with Gasteiger partial charge in [-0.1, -0.05) is 42.1 Å². The summed E-state index contributed by atoms with van der Waals surface area (Å²) in [6, 6.07) is 21.0. The quantitative estimate of drug-likeness (QED) is 0.495. The van der Waals surface area contributed by atoms with Gasteiger partial charge in [0.05, 0.1) is 11.1 Å². The topological polar surface area (TPSA) is 125 Å². The summed E-state index contributed by atoms with van der Waals surface area (Å²) in [5.41, 5.74) is 15.1. The Balaban J connectivity index is 2.03. The lowest BCUT2D eigenvalue weighted by Crippen LogP contribution is -2.04. The number of para-hydroxylation sites is 2. The fourth-order valence-corrected chi connectivity index (χ4v) is 4.07. The van der Waals surface area contributed by atoms with Crippen molar-refractivity contribution in [3.8, 4) is 23.3 Å². The Morgan fingerprint density at radius 2 is 1.59 bits per heavy atom. The van der Waals surface area contributed by atoms with Gasteiger partial charge in [-0.15, -0.1) is 0 Å². The predicted octanol–water partition coefficient (Wildman–Crippen LogP) is 4.36. The molecule has 0 aliphatic rings. The van der Waals surface area contributed by atoms with Gasteiger partial charge in [0.1, 0.15) is 28.5 Å². The minimum absolute atomic E-state index is 0.0689. The average molecular weight is 394 g/mol. The van der Waals surface area contributed by atoms with Crippen molar-refractivity contribution in [3.63, 3.8) is 0 Å². The highest BCUT2D eigenvalue weighted by Gasteiger charge is 2.22. The molecule has 138 valence electrons. The number of anilines is 2. The standard InChI is InChI=1S/C22H14N6S/c23-11-15-20(14-9-10-27-18-7-3-1-5-13(14)18)16(12-24)22(28-21(15)26)29-19-8-4-2-6-17(19)25/h1-10H,25H2,(H2,26,28). The molecule has 0 amide bonds. The molecule has 0 fully saturated rings. The number of pyridine rings is 2. The lowest BCUT2D eigenvalue weighted by Gasteiger charge is -2.15. The minimum atomic E-state index is 0.0689. The van der Waals surface area contributed by atoms with Crippen molar-refractivity contribution in [2.75, 3.05) is 11.5 Å². The SMILES string of the molecule is N#Cc1c(N)nc(Sc2ccccc2N)c(C#N)c1-c1ccnc2ccccc12. The number of hydrogen-bond donors (Lipinski definition) is 2. The van der Waals surface area contributed by atoms with Crippen molar-refractivity contribution in [2.24, 2.45) is 0 Å². The molecule has 7 heteroatoms. The Morgan fingerprint density at radius 3 is 2.34 bits per heavy atom. The highest BCUT2D eigenvalue weighted by molar-refractivity contribution is 7.99. The van der Waals surface area contributed by atoms with Gasteiger partial charge in [-0.2, -0.15) is 10.5 Å². The average Bonchev–Trinajstić information content (AvgIpc) is 2.74. The van der Waals surface area contributed by atoms with E-state index in [9.17, 15) is 10.5 Å². The monoisotopic (exact) mass is 394 g/mol. The number of nitriles is 2. The zero-order chi connectivity index (χ0) is 20.4. The van der Waals surface area contributed by atoms with E-state index < -0.39 is 0 Å². The molecule has 0 spiro atoms. The van der Waals surface area contributed by atoms with Crippen molar-refractivity contribution >= 4 is 34.2 Å². The second-order valence-corrected chi connectivity index (χ2v) is 7.20. The van der Waals surface area contributed by atoms with Gasteiger partial charge in [0.15, 0.2) is 0 Å². The molecule has 6 nitrogen and oxygen atoms in total. The molecular formula is C22H14N6S. The number of nitrogens with zero attached hydrogens (tertiary/aromatic N) is 4. The van der Waals surface area contributed by atoms with E-state index in [1.165, 1.54) is 11.8 Å². The fourth-order valence-electron chi connectivity index (χ4n) is 3.13. The summed E-state index contributed by atoms with van der Waals surface area (Å²) in [6.07, 6.45) is 1.65. The Labute approximate surface area is 171 Å². The summed E-state index contributed by atoms with van der Waals surface area (Å²) in [5, 5.41) is 21.0.